The molecule has 15 heavy (non-hydrogen) atoms. The molecule has 0 radical (unpaired) electrons. The van der Waals surface area contributed by atoms with Crippen LogP contribution in [0.2, 0.25) is 0 Å². The molecule has 0 saturated heterocycles. The molecule has 0 amide bonds. The molecule has 0 bridgehead atoms. The molecule has 2 heteroatoms. The Morgan fingerprint density at radius 2 is 1.93 bits per heavy atom. The van der Waals surface area contributed by atoms with E-state index in [9.17, 15) is 0 Å². The van der Waals surface area contributed by atoms with E-state index in [0.29, 0.717) is 0 Å². The van der Waals surface area contributed by atoms with Crippen LogP contribution in [0.25, 0.3) is 0 Å². The lowest BCUT2D eigenvalue weighted by Gasteiger charge is -2.15. The molecule has 0 aliphatic rings. The van der Waals surface area contributed by atoms with Gasteiger partial charge in [-0.3, -0.25) is 0 Å². The van der Waals surface area contributed by atoms with E-state index in [2.05, 4.69) is 26.1 Å². The zero-order valence-corrected chi connectivity index (χ0v) is 11.7. The van der Waals surface area contributed by atoms with Gasteiger partial charge in [-0.05, 0) is 24.6 Å². The fourth-order valence-electron chi connectivity index (χ4n) is 1.73. The Morgan fingerprint density at radius 3 is 2.53 bits per heavy atom. The quantitative estimate of drug-likeness (QED) is 0.541. The normalized spacial score (nSPS) is 13.0. The van der Waals surface area contributed by atoms with Crippen molar-refractivity contribution >= 4 is 11.8 Å². The highest BCUT2D eigenvalue weighted by atomic mass is 32.2. The van der Waals surface area contributed by atoms with Crippen LogP contribution in [0.15, 0.2) is 0 Å². The summed E-state index contributed by atoms with van der Waals surface area (Å²) >= 11 is 2.03. The third kappa shape index (κ3) is 10.6. The lowest BCUT2D eigenvalue weighted by atomic mass is 9.99. The van der Waals surface area contributed by atoms with Gasteiger partial charge in [0, 0.05) is 12.3 Å². The van der Waals surface area contributed by atoms with E-state index in [1.54, 1.807) is 0 Å². The Labute approximate surface area is 101 Å². The first-order valence-corrected chi connectivity index (χ1v) is 7.79. The topological polar surface area (TPSA) is 12.0 Å². The summed E-state index contributed by atoms with van der Waals surface area (Å²) in [6.07, 6.45) is 6.91. The number of nitrogens with one attached hydrogen (secondary N) is 1. The van der Waals surface area contributed by atoms with Crippen molar-refractivity contribution < 1.29 is 0 Å². The Kier molecular flexibility index (Phi) is 12.6. The predicted molar refractivity (Wildman–Crippen MR) is 73.8 cm³/mol. The Hall–Kier alpha value is 0.310. The Balaban J connectivity index is 3.28. The summed E-state index contributed by atoms with van der Waals surface area (Å²) in [6.45, 7) is 9.23. The second-order valence-corrected chi connectivity index (χ2v) is 5.56. The molecule has 0 aliphatic carbocycles. The third-order valence-electron chi connectivity index (χ3n) is 2.85. The van der Waals surface area contributed by atoms with Gasteiger partial charge in [-0.2, -0.15) is 11.8 Å². The van der Waals surface area contributed by atoms with Gasteiger partial charge in [-0.15, -0.1) is 0 Å². The molecule has 0 heterocycles. The van der Waals surface area contributed by atoms with Gasteiger partial charge in [0.1, 0.15) is 0 Å². The summed E-state index contributed by atoms with van der Waals surface area (Å²) in [5, 5.41) is 3.58. The van der Waals surface area contributed by atoms with E-state index >= 15 is 0 Å². The molecular formula is C13H29NS. The van der Waals surface area contributed by atoms with Crippen molar-refractivity contribution in [1.82, 2.24) is 5.32 Å². The first kappa shape index (κ1) is 15.3. The highest BCUT2D eigenvalue weighted by Crippen LogP contribution is 2.12. The molecule has 1 N–H and O–H groups in total. The highest BCUT2D eigenvalue weighted by Gasteiger charge is 2.04. The third-order valence-corrected chi connectivity index (χ3v) is 3.75. The highest BCUT2D eigenvalue weighted by molar-refractivity contribution is 7.99. The Morgan fingerprint density at radius 1 is 1.13 bits per heavy atom. The lowest BCUT2D eigenvalue weighted by molar-refractivity contribution is 0.420. The van der Waals surface area contributed by atoms with Gasteiger partial charge in [0.2, 0.25) is 0 Å². The van der Waals surface area contributed by atoms with E-state index in [1.165, 1.54) is 56.7 Å². The van der Waals surface area contributed by atoms with E-state index in [4.69, 9.17) is 0 Å². The molecule has 1 unspecified atom stereocenters. The van der Waals surface area contributed by atoms with E-state index in [0.717, 1.165) is 5.92 Å². The summed E-state index contributed by atoms with van der Waals surface area (Å²) in [7, 11) is 0. The SMILES string of the molecule is CCCCCC(CC)CNCCSCC. The first-order valence-electron chi connectivity index (χ1n) is 6.63. The summed E-state index contributed by atoms with van der Waals surface area (Å²) in [4.78, 5) is 0. The molecule has 0 aromatic heterocycles. The number of unbranched alkanes of at least 4 members (excludes halogenated alkanes) is 2. The molecule has 0 spiro atoms. The van der Waals surface area contributed by atoms with Gasteiger partial charge < -0.3 is 5.32 Å². The number of rotatable bonds is 11. The predicted octanol–water partition coefficient (Wildman–Crippen LogP) is 3.94. The second-order valence-electron chi connectivity index (χ2n) is 4.17. The molecule has 1 nitrogen and oxygen atoms in total. The lowest BCUT2D eigenvalue weighted by Crippen LogP contribution is -2.24. The van der Waals surface area contributed by atoms with Crippen molar-refractivity contribution in [2.75, 3.05) is 24.6 Å². The summed E-state index contributed by atoms with van der Waals surface area (Å²) in [5.74, 6) is 3.42. The fourth-order valence-corrected chi connectivity index (χ4v) is 2.31. The second kappa shape index (κ2) is 12.4. The molecule has 0 fully saturated rings. The maximum Gasteiger partial charge on any atom is 0.00580 e. The van der Waals surface area contributed by atoms with E-state index < -0.39 is 0 Å². The van der Waals surface area contributed by atoms with E-state index in [-0.39, 0.29) is 0 Å². The van der Waals surface area contributed by atoms with Crippen molar-refractivity contribution in [3.05, 3.63) is 0 Å². The summed E-state index contributed by atoms with van der Waals surface area (Å²) < 4.78 is 0. The van der Waals surface area contributed by atoms with Crippen LogP contribution in [0.3, 0.4) is 0 Å². The zero-order valence-electron chi connectivity index (χ0n) is 10.8. The number of hydrogen-bond donors (Lipinski definition) is 1. The minimum atomic E-state index is 0.906. The van der Waals surface area contributed by atoms with Crippen LogP contribution >= 0.6 is 11.8 Å². The van der Waals surface area contributed by atoms with Crippen LogP contribution in [0, 0.1) is 5.92 Å². The average molecular weight is 231 g/mol. The fraction of sp³-hybridized carbons (Fsp3) is 1.00. The first-order chi connectivity index (χ1) is 7.35. The largest absolute Gasteiger partial charge is 0.316 e. The molecular weight excluding hydrogens is 202 g/mol. The smallest absolute Gasteiger partial charge is 0.00580 e. The minimum Gasteiger partial charge on any atom is -0.316 e. The molecule has 0 aliphatic heterocycles. The molecule has 92 valence electrons. The molecule has 0 aromatic rings. The van der Waals surface area contributed by atoms with Gasteiger partial charge in [-0.1, -0.05) is 46.5 Å². The van der Waals surface area contributed by atoms with Crippen molar-refractivity contribution in [2.45, 2.75) is 52.9 Å². The summed E-state index contributed by atoms with van der Waals surface area (Å²) in [6, 6.07) is 0. The summed E-state index contributed by atoms with van der Waals surface area (Å²) in [5.41, 5.74) is 0. The van der Waals surface area contributed by atoms with Crippen LogP contribution in [0.4, 0.5) is 0 Å². The number of hydrogen-bond acceptors (Lipinski definition) is 2. The molecule has 0 saturated carbocycles. The van der Waals surface area contributed by atoms with Crippen LogP contribution in [0.5, 0.6) is 0 Å². The maximum absolute atomic E-state index is 3.58. The minimum absolute atomic E-state index is 0.906. The van der Waals surface area contributed by atoms with Crippen molar-refractivity contribution in [1.29, 1.82) is 0 Å². The van der Waals surface area contributed by atoms with Gasteiger partial charge in [0.15, 0.2) is 0 Å². The average Bonchev–Trinajstić information content (AvgIpc) is 2.26. The monoisotopic (exact) mass is 231 g/mol. The molecule has 1 atom stereocenters. The van der Waals surface area contributed by atoms with Gasteiger partial charge in [0.25, 0.3) is 0 Å². The maximum atomic E-state index is 3.58. The van der Waals surface area contributed by atoms with Gasteiger partial charge >= 0.3 is 0 Å². The standard InChI is InChI=1S/C13H29NS/c1-4-7-8-9-13(5-2)12-14-10-11-15-6-3/h13-14H,4-12H2,1-3H3. The Bertz CT molecular complexity index is 117. The van der Waals surface area contributed by atoms with Gasteiger partial charge in [0.05, 0.1) is 0 Å². The zero-order chi connectivity index (χ0) is 11.4. The van der Waals surface area contributed by atoms with Gasteiger partial charge in [-0.25, -0.2) is 0 Å². The number of thioether (sulfide) groups is 1. The van der Waals surface area contributed by atoms with Crippen LogP contribution in [-0.2, 0) is 0 Å². The van der Waals surface area contributed by atoms with Crippen molar-refractivity contribution in [3.8, 4) is 0 Å². The van der Waals surface area contributed by atoms with E-state index in [1.807, 2.05) is 11.8 Å². The van der Waals surface area contributed by atoms with Crippen molar-refractivity contribution in [2.24, 2.45) is 5.92 Å². The molecule has 0 rings (SSSR count). The van der Waals surface area contributed by atoms with Crippen LogP contribution < -0.4 is 5.32 Å². The van der Waals surface area contributed by atoms with Crippen molar-refractivity contribution in [3.63, 3.8) is 0 Å². The van der Waals surface area contributed by atoms with Crippen LogP contribution in [0.1, 0.15) is 52.9 Å². The molecule has 0 aromatic carbocycles. The van der Waals surface area contributed by atoms with Crippen LogP contribution in [-0.4, -0.2) is 24.6 Å².